The number of ether oxygens (including phenoxy) is 2. The van der Waals surface area contributed by atoms with Gasteiger partial charge in [-0.15, -0.1) is 11.3 Å². The third kappa shape index (κ3) is 7.67. The molecule has 2 amide bonds. The number of imidazole rings is 2. The highest BCUT2D eigenvalue weighted by atomic mass is 32.1. The van der Waals surface area contributed by atoms with E-state index in [-0.39, 0.29) is 23.7 Å². The molecule has 4 aromatic heterocycles. The highest BCUT2D eigenvalue weighted by Crippen LogP contribution is 2.48. The number of benzene rings is 2. The molecule has 3 unspecified atom stereocenters. The van der Waals surface area contributed by atoms with Gasteiger partial charge in [-0.1, -0.05) is 33.8 Å². The van der Waals surface area contributed by atoms with Crippen molar-refractivity contribution in [3.8, 4) is 39.5 Å². The number of nitrogens with one attached hydrogen (secondary N) is 4. The number of methoxy groups -OCH3 is 1. The fourth-order valence-electron chi connectivity index (χ4n) is 7.92. The monoisotopic (exact) mass is 792 g/mol. The summed E-state index contributed by atoms with van der Waals surface area (Å²) in [6, 6.07) is 16.0. The lowest BCUT2D eigenvalue weighted by Gasteiger charge is -2.30. The number of thiophene rings is 1. The van der Waals surface area contributed by atoms with E-state index >= 15 is 4.39 Å². The molecule has 14 heteroatoms. The number of aromatic amines is 2. The van der Waals surface area contributed by atoms with Crippen molar-refractivity contribution in [3.05, 3.63) is 88.6 Å². The van der Waals surface area contributed by atoms with Crippen LogP contribution in [-0.4, -0.2) is 74.2 Å². The number of likely N-dealkylation sites (tertiary alicyclic amines) is 1. The number of amides is 2. The summed E-state index contributed by atoms with van der Waals surface area (Å²) < 4.78 is 29.3. The Morgan fingerprint density at radius 3 is 2.51 bits per heavy atom. The zero-order valence-corrected chi connectivity index (χ0v) is 33.7. The summed E-state index contributed by atoms with van der Waals surface area (Å²) in [4.78, 5) is 42.8. The van der Waals surface area contributed by atoms with Gasteiger partial charge in [0.2, 0.25) is 12.1 Å². The summed E-state index contributed by atoms with van der Waals surface area (Å²) in [6.07, 6.45) is 8.58. The van der Waals surface area contributed by atoms with Crippen molar-refractivity contribution in [2.45, 2.75) is 77.6 Å². The van der Waals surface area contributed by atoms with Gasteiger partial charge in [0.1, 0.15) is 23.4 Å². The van der Waals surface area contributed by atoms with Crippen LogP contribution in [0.4, 0.5) is 9.18 Å². The van der Waals surface area contributed by atoms with Gasteiger partial charge in [-0.25, -0.2) is 19.2 Å². The number of hydrogen-bond acceptors (Lipinski definition) is 8. The van der Waals surface area contributed by atoms with Gasteiger partial charge in [0.05, 0.1) is 64.9 Å². The third-order valence-corrected chi connectivity index (χ3v) is 12.4. The van der Waals surface area contributed by atoms with Gasteiger partial charge in [0.25, 0.3) is 0 Å². The molecule has 12 nitrogen and oxygen atoms in total. The molecule has 0 radical (unpaired) electrons. The molecule has 9 rings (SSSR count). The van der Waals surface area contributed by atoms with Crippen LogP contribution in [0.25, 0.3) is 44.7 Å². The average Bonchev–Trinajstić information content (AvgIpc) is 4.06. The number of nitrogens with zero attached hydrogens (tertiary/aromatic N) is 4. The molecule has 3 aliphatic heterocycles. The molecule has 4 N–H and O–H groups in total. The summed E-state index contributed by atoms with van der Waals surface area (Å²) in [6.45, 7) is 10.8. The van der Waals surface area contributed by atoms with E-state index in [1.54, 1.807) is 34.8 Å². The molecule has 298 valence electrons. The maximum Gasteiger partial charge on any atom is 0.407 e. The van der Waals surface area contributed by atoms with E-state index in [4.69, 9.17) is 4.74 Å². The van der Waals surface area contributed by atoms with Crippen LogP contribution in [-0.2, 0) is 9.53 Å². The van der Waals surface area contributed by atoms with Crippen molar-refractivity contribution in [2.75, 3.05) is 26.7 Å². The van der Waals surface area contributed by atoms with Gasteiger partial charge >= 0.3 is 6.09 Å². The normalized spacial score (nSPS) is 17.9. The Kier molecular flexibility index (Phi) is 10.9. The van der Waals surface area contributed by atoms with Crippen LogP contribution in [0.15, 0.2) is 67.3 Å². The Labute approximate surface area is 335 Å². The predicted molar refractivity (Wildman–Crippen MR) is 220 cm³/mol. The molecule has 6 aromatic rings. The molecular weight excluding hydrogens is 744 g/mol. The predicted octanol–water partition coefficient (Wildman–Crippen LogP) is 8.77. The van der Waals surface area contributed by atoms with Crippen LogP contribution in [0.2, 0.25) is 0 Å². The second-order valence-electron chi connectivity index (χ2n) is 15.6. The average molecular weight is 793 g/mol. The lowest BCUT2D eigenvalue weighted by atomic mass is 10.0. The minimum atomic E-state index is -0.550. The number of carbonyl (C=O) groups is 2. The number of rotatable bonds is 8. The minimum Gasteiger partial charge on any atom is -0.464 e. The lowest BCUT2D eigenvalue weighted by molar-refractivity contribution is -0.133. The second-order valence-corrected chi connectivity index (χ2v) is 16.7. The number of carbonyl (C=O) groups excluding carboxylic acids is 2. The Hall–Kier alpha value is -5.47. The number of fused-ring (bicyclic) bond motifs is 5. The van der Waals surface area contributed by atoms with Crippen molar-refractivity contribution in [1.82, 2.24) is 40.0 Å². The minimum absolute atomic E-state index is 0.00194. The first-order valence-corrected chi connectivity index (χ1v) is 20.6. The Morgan fingerprint density at radius 2 is 1.82 bits per heavy atom. The number of aromatic nitrogens is 5. The van der Waals surface area contributed by atoms with Crippen molar-refractivity contribution < 1.29 is 23.5 Å². The Morgan fingerprint density at radius 1 is 1.00 bits per heavy atom. The molecule has 57 heavy (non-hydrogen) atoms. The largest absolute Gasteiger partial charge is 0.464 e. The van der Waals surface area contributed by atoms with Gasteiger partial charge < -0.3 is 35.0 Å². The molecule has 2 aromatic carbocycles. The summed E-state index contributed by atoms with van der Waals surface area (Å²) >= 11 is 1.74. The van der Waals surface area contributed by atoms with E-state index in [1.165, 1.54) is 12.0 Å². The molecule has 7 heterocycles. The molecule has 0 saturated carbocycles. The number of H-pyrrole nitrogens is 2. The van der Waals surface area contributed by atoms with E-state index in [0.29, 0.717) is 22.8 Å². The molecule has 3 atom stereocenters. The number of alkyl carbamates (subject to hydrolysis) is 1. The van der Waals surface area contributed by atoms with E-state index in [2.05, 4.69) is 90.1 Å². The fourth-order valence-corrected chi connectivity index (χ4v) is 8.96. The van der Waals surface area contributed by atoms with Gasteiger partial charge in [-0.3, -0.25) is 9.36 Å². The SMILES string of the molecule is CC(C)c1ccc(C2Oc3cc(-c4cnc[nH]4)cc(F)c3-c3cc4cc(-c5cnc(C6CCCN6)[nH]5)ccc4n32)s1.COC(=O)NC(C(=O)N1CCCC1)C(C)C. The second kappa shape index (κ2) is 16.2. The quantitative estimate of drug-likeness (QED) is 0.121. The van der Waals surface area contributed by atoms with Crippen molar-refractivity contribution in [3.63, 3.8) is 0 Å². The van der Waals surface area contributed by atoms with Gasteiger partial charge in [0, 0.05) is 34.5 Å². The third-order valence-electron chi connectivity index (χ3n) is 11.0. The first-order valence-electron chi connectivity index (χ1n) is 19.8. The zero-order chi connectivity index (χ0) is 39.8. The van der Waals surface area contributed by atoms with E-state index in [0.717, 1.165) is 89.6 Å². The van der Waals surface area contributed by atoms with E-state index < -0.39 is 18.4 Å². The number of halogens is 1. The Balaban J connectivity index is 0.000000241. The van der Waals surface area contributed by atoms with Gasteiger partial charge in [-0.2, -0.15) is 0 Å². The van der Waals surface area contributed by atoms with Crippen LogP contribution < -0.4 is 15.4 Å². The molecule has 0 spiro atoms. The number of hydrogen-bond donors (Lipinski definition) is 4. The zero-order valence-electron chi connectivity index (χ0n) is 32.9. The van der Waals surface area contributed by atoms with Crippen molar-refractivity contribution >= 4 is 34.2 Å². The summed E-state index contributed by atoms with van der Waals surface area (Å²) in [5.41, 5.74) is 5.73. The molecule has 3 aliphatic rings. The van der Waals surface area contributed by atoms with Gasteiger partial charge in [-0.05, 0) is 86.5 Å². The maximum atomic E-state index is 15.9. The molecule has 0 aliphatic carbocycles. The van der Waals surface area contributed by atoms with E-state index in [1.807, 2.05) is 26.1 Å². The Bertz CT molecular complexity index is 2370. The molecular formula is C43H49FN8O4S. The van der Waals surface area contributed by atoms with Crippen LogP contribution in [0.5, 0.6) is 5.75 Å². The fraction of sp³-hybridized carbons (Fsp3) is 0.395. The van der Waals surface area contributed by atoms with Crippen LogP contribution in [0.1, 0.15) is 87.1 Å². The topological polar surface area (TPSA) is 142 Å². The smallest absolute Gasteiger partial charge is 0.407 e. The highest BCUT2D eigenvalue weighted by Gasteiger charge is 2.33. The lowest BCUT2D eigenvalue weighted by Crippen LogP contribution is -2.50. The molecule has 0 bridgehead atoms. The van der Waals surface area contributed by atoms with Crippen molar-refractivity contribution in [1.29, 1.82) is 0 Å². The summed E-state index contributed by atoms with van der Waals surface area (Å²) in [5, 5.41) is 7.12. The summed E-state index contributed by atoms with van der Waals surface area (Å²) in [7, 11) is 1.30. The van der Waals surface area contributed by atoms with Crippen molar-refractivity contribution in [2.24, 2.45) is 5.92 Å². The molecule has 2 saturated heterocycles. The van der Waals surface area contributed by atoms with Crippen LogP contribution in [0, 0.1) is 11.7 Å². The van der Waals surface area contributed by atoms with Crippen LogP contribution in [0.3, 0.4) is 0 Å². The van der Waals surface area contributed by atoms with Crippen LogP contribution >= 0.6 is 11.3 Å². The van der Waals surface area contributed by atoms with E-state index in [9.17, 15) is 9.59 Å². The first-order chi connectivity index (χ1) is 27.6. The first kappa shape index (κ1) is 38.4. The highest BCUT2D eigenvalue weighted by molar-refractivity contribution is 7.12. The standard InChI is InChI=1S/C32H29FN6OS.C11H20N2O3/c1-17(2)28-7-8-29(41-28)32-39-25-6-5-18(24-15-36-31(38-24)22-4-3-9-35-22)10-20(25)12-26(39)30-21(33)11-19(13-27(30)40-32)23-14-34-16-37-23;1-8(2)9(12-11(15)16-3)10(14)13-6-4-5-7-13/h5-8,10-17,22,32,35H,3-4,9H2,1-2H3,(H,34,37)(H,36,38);8-9H,4-7H2,1-3H3,(H,12,15). The maximum absolute atomic E-state index is 15.9. The summed E-state index contributed by atoms with van der Waals surface area (Å²) in [5.74, 6) is 1.65. The molecule has 2 fully saturated rings. The van der Waals surface area contributed by atoms with Gasteiger partial charge in [0.15, 0.2) is 0 Å².